The standard InChI is InChI=1S/C20H23FN2O5S/c1-3-28-18-6-4-15(29(25,26)12-14-8-9-27-11-14)10-16(18)20(24)23-19-7-5-17(21)13(2)22-19/h4-7,10,14H,3,8-9,11-12H2,1-2H3,(H,22,23,24)/t14-/m0/s1. The van der Waals surface area contributed by atoms with E-state index in [1.54, 1.807) is 6.92 Å². The molecule has 0 saturated carbocycles. The summed E-state index contributed by atoms with van der Waals surface area (Å²) < 4.78 is 49.7. The van der Waals surface area contributed by atoms with Crippen molar-refractivity contribution in [1.82, 2.24) is 4.98 Å². The van der Waals surface area contributed by atoms with E-state index in [1.165, 1.54) is 37.3 Å². The van der Waals surface area contributed by atoms with Gasteiger partial charge in [-0.1, -0.05) is 0 Å². The number of anilines is 1. The van der Waals surface area contributed by atoms with Gasteiger partial charge in [-0.05, 0) is 56.5 Å². The van der Waals surface area contributed by atoms with Crippen LogP contribution >= 0.6 is 0 Å². The second kappa shape index (κ2) is 8.87. The van der Waals surface area contributed by atoms with Crippen molar-refractivity contribution in [1.29, 1.82) is 0 Å². The minimum Gasteiger partial charge on any atom is -0.493 e. The molecule has 2 heterocycles. The number of pyridine rings is 1. The van der Waals surface area contributed by atoms with Crippen molar-refractivity contribution in [2.45, 2.75) is 25.2 Å². The van der Waals surface area contributed by atoms with Crippen molar-refractivity contribution < 1.29 is 27.1 Å². The van der Waals surface area contributed by atoms with Crippen LogP contribution in [0.3, 0.4) is 0 Å². The maximum Gasteiger partial charge on any atom is 0.260 e. The quantitative estimate of drug-likeness (QED) is 0.737. The van der Waals surface area contributed by atoms with E-state index in [1.807, 2.05) is 0 Å². The zero-order chi connectivity index (χ0) is 21.0. The highest BCUT2D eigenvalue weighted by molar-refractivity contribution is 7.91. The van der Waals surface area contributed by atoms with Gasteiger partial charge < -0.3 is 14.8 Å². The van der Waals surface area contributed by atoms with Gasteiger partial charge in [-0.3, -0.25) is 4.79 Å². The molecule has 0 unspecified atom stereocenters. The van der Waals surface area contributed by atoms with Crippen LogP contribution in [0.1, 0.15) is 29.4 Å². The first-order chi connectivity index (χ1) is 13.8. The molecular formula is C20H23FN2O5S. The van der Waals surface area contributed by atoms with Gasteiger partial charge in [0.1, 0.15) is 17.4 Å². The molecule has 1 aromatic carbocycles. The highest BCUT2D eigenvalue weighted by atomic mass is 32.2. The zero-order valence-electron chi connectivity index (χ0n) is 16.3. The number of aromatic nitrogens is 1. The molecular weight excluding hydrogens is 399 g/mol. The van der Waals surface area contributed by atoms with Crippen LogP contribution in [0.2, 0.25) is 0 Å². The van der Waals surface area contributed by atoms with Crippen molar-refractivity contribution in [3.63, 3.8) is 0 Å². The lowest BCUT2D eigenvalue weighted by Gasteiger charge is -2.14. The average molecular weight is 422 g/mol. The highest BCUT2D eigenvalue weighted by Gasteiger charge is 2.26. The number of nitrogens with one attached hydrogen (secondary N) is 1. The smallest absolute Gasteiger partial charge is 0.260 e. The molecule has 0 spiro atoms. The number of amides is 1. The SMILES string of the molecule is CCOc1ccc(S(=O)(=O)C[C@H]2CCOC2)cc1C(=O)Nc1ccc(F)c(C)n1. The number of hydrogen-bond acceptors (Lipinski definition) is 6. The van der Waals surface area contributed by atoms with Gasteiger partial charge in [-0.15, -0.1) is 0 Å². The molecule has 1 aromatic heterocycles. The molecule has 1 N–H and O–H groups in total. The fraction of sp³-hybridized carbons (Fsp3) is 0.400. The maximum atomic E-state index is 13.4. The molecule has 1 saturated heterocycles. The lowest BCUT2D eigenvalue weighted by molar-refractivity contribution is 0.102. The van der Waals surface area contributed by atoms with Crippen LogP contribution in [-0.2, 0) is 14.6 Å². The number of sulfone groups is 1. The molecule has 0 aliphatic carbocycles. The number of benzene rings is 1. The Hall–Kier alpha value is -2.52. The Morgan fingerprint density at radius 3 is 2.79 bits per heavy atom. The van der Waals surface area contributed by atoms with E-state index >= 15 is 0 Å². The Labute approximate surface area is 169 Å². The first-order valence-corrected chi connectivity index (χ1v) is 11.0. The van der Waals surface area contributed by atoms with E-state index < -0.39 is 21.6 Å². The molecule has 1 aliphatic rings. The molecule has 156 valence electrons. The Balaban J connectivity index is 1.89. The van der Waals surface area contributed by atoms with Gasteiger partial charge in [0.15, 0.2) is 9.84 Å². The van der Waals surface area contributed by atoms with E-state index in [2.05, 4.69) is 10.3 Å². The van der Waals surface area contributed by atoms with Crippen LogP contribution < -0.4 is 10.1 Å². The predicted octanol–water partition coefficient (Wildman–Crippen LogP) is 2.99. The molecule has 3 rings (SSSR count). The van der Waals surface area contributed by atoms with Crippen LogP contribution in [-0.4, -0.2) is 44.9 Å². The number of ether oxygens (including phenoxy) is 2. The maximum absolute atomic E-state index is 13.4. The summed E-state index contributed by atoms with van der Waals surface area (Å²) in [6, 6.07) is 6.75. The summed E-state index contributed by atoms with van der Waals surface area (Å²) in [6.07, 6.45) is 0.694. The molecule has 1 atom stereocenters. The predicted molar refractivity (Wildman–Crippen MR) is 105 cm³/mol. The van der Waals surface area contributed by atoms with Crippen LogP contribution in [0.4, 0.5) is 10.2 Å². The fourth-order valence-electron chi connectivity index (χ4n) is 3.08. The van der Waals surface area contributed by atoms with Gasteiger partial charge in [-0.25, -0.2) is 17.8 Å². The van der Waals surface area contributed by atoms with Crippen molar-refractivity contribution in [3.8, 4) is 5.75 Å². The van der Waals surface area contributed by atoms with Crippen LogP contribution in [0.15, 0.2) is 35.2 Å². The summed E-state index contributed by atoms with van der Waals surface area (Å²) in [5.41, 5.74) is 0.210. The van der Waals surface area contributed by atoms with Crippen LogP contribution in [0.25, 0.3) is 0 Å². The third-order valence-electron chi connectivity index (χ3n) is 4.60. The molecule has 29 heavy (non-hydrogen) atoms. The Morgan fingerprint density at radius 2 is 2.14 bits per heavy atom. The third-order valence-corrected chi connectivity index (χ3v) is 6.48. The molecule has 7 nitrogen and oxygen atoms in total. The van der Waals surface area contributed by atoms with Gasteiger partial charge in [0.2, 0.25) is 0 Å². The van der Waals surface area contributed by atoms with E-state index in [9.17, 15) is 17.6 Å². The number of carbonyl (C=O) groups excluding carboxylic acids is 1. The molecule has 1 aliphatic heterocycles. The minimum absolute atomic E-state index is 0.0409. The van der Waals surface area contributed by atoms with Crippen LogP contribution in [0.5, 0.6) is 5.75 Å². The van der Waals surface area contributed by atoms with E-state index in [0.29, 0.717) is 26.2 Å². The number of aryl methyl sites for hydroxylation is 1. The number of halogens is 1. The second-order valence-electron chi connectivity index (χ2n) is 6.82. The Bertz CT molecular complexity index is 1000. The Kier molecular flexibility index (Phi) is 6.49. The normalized spacial score (nSPS) is 16.6. The monoisotopic (exact) mass is 422 g/mol. The lowest BCUT2D eigenvalue weighted by Crippen LogP contribution is -2.19. The van der Waals surface area contributed by atoms with E-state index in [4.69, 9.17) is 9.47 Å². The summed E-state index contributed by atoms with van der Waals surface area (Å²) in [7, 11) is -3.60. The van der Waals surface area contributed by atoms with E-state index in [-0.39, 0.29) is 39.4 Å². The molecule has 1 fully saturated rings. The van der Waals surface area contributed by atoms with Crippen molar-refractivity contribution in [2.24, 2.45) is 5.92 Å². The summed E-state index contributed by atoms with van der Waals surface area (Å²) >= 11 is 0. The van der Waals surface area contributed by atoms with Gasteiger partial charge in [-0.2, -0.15) is 0 Å². The summed E-state index contributed by atoms with van der Waals surface area (Å²) in [5, 5.41) is 2.57. The molecule has 9 heteroatoms. The molecule has 2 aromatic rings. The van der Waals surface area contributed by atoms with Crippen molar-refractivity contribution in [3.05, 3.63) is 47.4 Å². The average Bonchev–Trinajstić information content (AvgIpc) is 3.17. The van der Waals surface area contributed by atoms with Crippen molar-refractivity contribution >= 4 is 21.6 Å². The molecule has 0 bridgehead atoms. The third kappa shape index (κ3) is 5.10. The molecule has 1 amide bonds. The van der Waals surface area contributed by atoms with Crippen LogP contribution in [0, 0.1) is 18.7 Å². The Morgan fingerprint density at radius 1 is 1.34 bits per heavy atom. The number of carbonyl (C=O) groups is 1. The second-order valence-corrected chi connectivity index (χ2v) is 8.85. The number of nitrogens with zero attached hydrogens (tertiary/aromatic N) is 1. The van der Waals surface area contributed by atoms with Gasteiger partial charge in [0.05, 0.1) is 35.1 Å². The van der Waals surface area contributed by atoms with Gasteiger partial charge in [0, 0.05) is 6.61 Å². The summed E-state index contributed by atoms with van der Waals surface area (Å²) in [6.45, 7) is 4.52. The fourth-order valence-corrected chi connectivity index (χ4v) is 4.73. The van der Waals surface area contributed by atoms with Crippen molar-refractivity contribution in [2.75, 3.05) is 30.9 Å². The molecule has 0 radical (unpaired) electrons. The topological polar surface area (TPSA) is 94.6 Å². The summed E-state index contributed by atoms with van der Waals surface area (Å²) in [4.78, 5) is 16.8. The first-order valence-electron chi connectivity index (χ1n) is 9.32. The zero-order valence-corrected chi connectivity index (χ0v) is 17.1. The first kappa shape index (κ1) is 21.2. The minimum atomic E-state index is -3.60. The summed E-state index contributed by atoms with van der Waals surface area (Å²) in [5.74, 6) is -0.758. The number of rotatable bonds is 7. The van der Waals surface area contributed by atoms with Gasteiger partial charge in [0.25, 0.3) is 5.91 Å². The number of hydrogen-bond donors (Lipinski definition) is 1. The van der Waals surface area contributed by atoms with Gasteiger partial charge >= 0.3 is 0 Å². The largest absolute Gasteiger partial charge is 0.493 e. The van der Waals surface area contributed by atoms with E-state index in [0.717, 1.165) is 0 Å². The highest BCUT2D eigenvalue weighted by Crippen LogP contribution is 2.27. The lowest BCUT2D eigenvalue weighted by atomic mass is 10.2.